The maximum Gasteiger partial charge on any atom is 0.256 e. The standard InChI is InChI=1S/C20H24FN3O2/c1-23(14-17-8-4-5-11-22-17)15-20(26)10-6-12-24(19(20)25)13-16-7-2-3-9-18(16)21/h2-5,7-9,11,26H,6,10,12-15H2,1H3. The third-order valence-electron chi connectivity index (χ3n) is 4.71. The minimum absolute atomic E-state index is 0.178. The lowest BCUT2D eigenvalue weighted by atomic mass is 9.90. The number of hydrogen-bond donors (Lipinski definition) is 1. The first-order chi connectivity index (χ1) is 12.5. The van der Waals surface area contributed by atoms with Gasteiger partial charge in [-0.15, -0.1) is 0 Å². The number of nitrogens with zero attached hydrogens (tertiary/aromatic N) is 3. The summed E-state index contributed by atoms with van der Waals surface area (Å²) in [5.41, 5.74) is -0.107. The van der Waals surface area contributed by atoms with Crippen LogP contribution in [-0.2, 0) is 17.9 Å². The number of aromatic nitrogens is 1. The lowest BCUT2D eigenvalue weighted by Gasteiger charge is -2.40. The summed E-state index contributed by atoms with van der Waals surface area (Å²) >= 11 is 0. The average molecular weight is 357 g/mol. The Labute approximate surface area is 153 Å². The van der Waals surface area contributed by atoms with Crippen molar-refractivity contribution in [3.8, 4) is 0 Å². The molecular formula is C20H24FN3O2. The highest BCUT2D eigenvalue weighted by Gasteiger charge is 2.42. The van der Waals surface area contributed by atoms with Crippen molar-refractivity contribution in [1.82, 2.24) is 14.8 Å². The van der Waals surface area contributed by atoms with Gasteiger partial charge in [-0.3, -0.25) is 14.7 Å². The molecule has 1 aromatic heterocycles. The van der Waals surface area contributed by atoms with Crippen LogP contribution in [0.5, 0.6) is 0 Å². The van der Waals surface area contributed by atoms with Gasteiger partial charge in [0.25, 0.3) is 5.91 Å². The highest BCUT2D eigenvalue weighted by Crippen LogP contribution is 2.26. The molecule has 2 heterocycles. The first-order valence-corrected chi connectivity index (χ1v) is 8.81. The van der Waals surface area contributed by atoms with Gasteiger partial charge in [-0.1, -0.05) is 24.3 Å². The summed E-state index contributed by atoms with van der Waals surface area (Å²) in [5, 5.41) is 11.0. The van der Waals surface area contributed by atoms with E-state index in [-0.39, 0.29) is 24.8 Å². The fourth-order valence-electron chi connectivity index (χ4n) is 3.47. The Morgan fingerprint density at radius 3 is 2.77 bits per heavy atom. The monoisotopic (exact) mass is 357 g/mol. The van der Waals surface area contributed by atoms with Crippen LogP contribution in [0.1, 0.15) is 24.1 Å². The Kier molecular flexibility index (Phi) is 5.64. The average Bonchev–Trinajstić information content (AvgIpc) is 2.61. The molecule has 1 atom stereocenters. The number of aliphatic hydroxyl groups is 1. The van der Waals surface area contributed by atoms with Crippen molar-refractivity contribution in [2.45, 2.75) is 31.5 Å². The van der Waals surface area contributed by atoms with Crippen LogP contribution in [0.3, 0.4) is 0 Å². The van der Waals surface area contributed by atoms with Crippen LogP contribution < -0.4 is 0 Å². The van der Waals surface area contributed by atoms with E-state index in [1.165, 1.54) is 6.07 Å². The molecule has 1 N–H and O–H groups in total. The number of likely N-dealkylation sites (N-methyl/N-ethyl adjacent to an activating group) is 1. The van der Waals surface area contributed by atoms with Crippen LogP contribution in [0.15, 0.2) is 48.7 Å². The zero-order valence-electron chi connectivity index (χ0n) is 14.9. The molecule has 0 spiro atoms. The summed E-state index contributed by atoms with van der Waals surface area (Å²) in [4.78, 5) is 20.6. The zero-order valence-corrected chi connectivity index (χ0v) is 14.9. The van der Waals surface area contributed by atoms with E-state index in [1.807, 2.05) is 30.1 Å². The second-order valence-electron chi connectivity index (χ2n) is 6.95. The number of piperidine rings is 1. The van der Waals surface area contributed by atoms with Crippen LogP contribution in [0.4, 0.5) is 4.39 Å². The van der Waals surface area contributed by atoms with E-state index in [0.29, 0.717) is 31.5 Å². The molecular weight excluding hydrogens is 333 g/mol. The SMILES string of the molecule is CN(Cc1ccccn1)CC1(O)CCCN(Cc2ccccc2F)C1=O. The highest BCUT2D eigenvalue weighted by molar-refractivity contribution is 5.86. The molecule has 138 valence electrons. The van der Waals surface area contributed by atoms with Crippen LogP contribution in [0, 0.1) is 5.82 Å². The fraction of sp³-hybridized carbons (Fsp3) is 0.400. The zero-order chi connectivity index (χ0) is 18.6. The Bertz CT molecular complexity index is 756. The molecule has 1 fully saturated rings. The molecule has 1 aliphatic heterocycles. The largest absolute Gasteiger partial charge is 0.379 e. The summed E-state index contributed by atoms with van der Waals surface area (Å²) in [7, 11) is 1.86. The number of likely N-dealkylation sites (tertiary alicyclic amines) is 1. The third kappa shape index (κ3) is 4.26. The van der Waals surface area contributed by atoms with Crippen molar-refractivity contribution in [1.29, 1.82) is 0 Å². The lowest BCUT2D eigenvalue weighted by Crippen LogP contribution is -2.57. The van der Waals surface area contributed by atoms with Crippen molar-refractivity contribution in [3.63, 3.8) is 0 Å². The topological polar surface area (TPSA) is 56.7 Å². The van der Waals surface area contributed by atoms with Crippen molar-refractivity contribution in [2.24, 2.45) is 0 Å². The van der Waals surface area contributed by atoms with E-state index in [0.717, 1.165) is 5.69 Å². The number of carbonyl (C=O) groups is 1. The molecule has 0 bridgehead atoms. The normalized spacial score (nSPS) is 20.6. The third-order valence-corrected chi connectivity index (χ3v) is 4.71. The van der Waals surface area contributed by atoms with E-state index < -0.39 is 5.60 Å². The summed E-state index contributed by atoms with van der Waals surface area (Å²) in [6, 6.07) is 12.1. The first-order valence-electron chi connectivity index (χ1n) is 8.81. The maximum absolute atomic E-state index is 13.9. The molecule has 1 amide bonds. The van der Waals surface area contributed by atoms with Gasteiger partial charge in [-0.05, 0) is 38.1 Å². The van der Waals surface area contributed by atoms with Crippen LogP contribution in [-0.4, -0.2) is 51.5 Å². The van der Waals surface area contributed by atoms with E-state index in [9.17, 15) is 14.3 Å². The van der Waals surface area contributed by atoms with Gasteiger partial charge in [-0.25, -0.2) is 4.39 Å². The maximum atomic E-state index is 13.9. The van der Waals surface area contributed by atoms with E-state index in [2.05, 4.69) is 4.98 Å². The van der Waals surface area contributed by atoms with Gasteiger partial charge in [0.05, 0.1) is 5.69 Å². The molecule has 3 rings (SSSR count). The Balaban J connectivity index is 1.66. The van der Waals surface area contributed by atoms with Crippen molar-refractivity contribution in [3.05, 3.63) is 65.7 Å². The quantitative estimate of drug-likeness (QED) is 0.861. The summed E-state index contributed by atoms with van der Waals surface area (Å²) in [6.45, 7) is 1.47. The summed E-state index contributed by atoms with van der Waals surface area (Å²) in [6.07, 6.45) is 2.82. The molecule has 5 nitrogen and oxygen atoms in total. The van der Waals surface area contributed by atoms with Gasteiger partial charge in [0.15, 0.2) is 5.60 Å². The van der Waals surface area contributed by atoms with Crippen molar-refractivity contribution < 1.29 is 14.3 Å². The minimum Gasteiger partial charge on any atom is -0.379 e. The van der Waals surface area contributed by atoms with Gasteiger partial charge in [0.1, 0.15) is 5.82 Å². The fourth-order valence-corrected chi connectivity index (χ4v) is 3.47. The second-order valence-corrected chi connectivity index (χ2v) is 6.95. The van der Waals surface area contributed by atoms with Crippen molar-refractivity contribution in [2.75, 3.05) is 20.1 Å². The van der Waals surface area contributed by atoms with E-state index in [1.54, 1.807) is 29.3 Å². The summed E-state index contributed by atoms with van der Waals surface area (Å²) in [5.74, 6) is -0.665. The van der Waals surface area contributed by atoms with Gasteiger partial charge < -0.3 is 10.0 Å². The van der Waals surface area contributed by atoms with Gasteiger partial charge >= 0.3 is 0 Å². The van der Waals surface area contributed by atoms with Gasteiger partial charge in [0, 0.05) is 37.9 Å². The molecule has 2 aromatic rings. The number of halogens is 1. The predicted octanol–water partition coefficient (Wildman–Crippen LogP) is 2.21. The number of amides is 1. The summed E-state index contributed by atoms with van der Waals surface area (Å²) < 4.78 is 13.9. The first kappa shape index (κ1) is 18.5. The molecule has 1 unspecified atom stereocenters. The minimum atomic E-state index is -1.45. The lowest BCUT2D eigenvalue weighted by molar-refractivity contribution is -0.160. The Morgan fingerprint density at radius 2 is 2.04 bits per heavy atom. The van der Waals surface area contributed by atoms with Crippen LogP contribution >= 0.6 is 0 Å². The van der Waals surface area contributed by atoms with Gasteiger partial charge in [0.2, 0.25) is 0 Å². The molecule has 1 saturated heterocycles. The number of hydrogen-bond acceptors (Lipinski definition) is 4. The number of carbonyl (C=O) groups excluding carboxylic acids is 1. The molecule has 0 aliphatic carbocycles. The van der Waals surface area contributed by atoms with Crippen LogP contribution in [0.25, 0.3) is 0 Å². The number of benzene rings is 1. The molecule has 26 heavy (non-hydrogen) atoms. The van der Waals surface area contributed by atoms with E-state index >= 15 is 0 Å². The van der Waals surface area contributed by atoms with Gasteiger partial charge in [-0.2, -0.15) is 0 Å². The molecule has 1 aliphatic rings. The second kappa shape index (κ2) is 7.93. The van der Waals surface area contributed by atoms with Crippen molar-refractivity contribution >= 4 is 5.91 Å². The Morgan fingerprint density at radius 1 is 1.27 bits per heavy atom. The Hall–Kier alpha value is -2.31. The van der Waals surface area contributed by atoms with Crippen LogP contribution in [0.2, 0.25) is 0 Å². The molecule has 0 radical (unpaired) electrons. The highest BCUT2D eigenvalue weighted by atomic mass is 19.1. The molecule has 6 heteroatoms. The smallest absolute Gasteiger partial charge is 0.256 e. The number of pyridine rings is 1. The number of rotatable bonds is 6. The van der Waals surface area contributed by atoms with E-state index in [4.69, 9.17) is 0 Å². The predicted molar refractivity (Wildman–Crippen MR) is 96.6 cm³/mol. The molecule has 1 aromatic carbocycles. The molecule has 0 saturated carbocycles.